The Labute approximate surface area is 182 Å². The normalized spacial score (nSPS) is 20.0. The molecule has 2 aromatic rings. The van der Waals surface area contributed by atoms with Gasteiger partial charge in [-0.3, -0.25) is 0 Å². The molecule has 2 aromatic carbocycles. The molecule has 1 unspecified atom stereocenters. The highest BCUT2D eigenvalue weighted by atomic mass is 19.2. The maximum atomic E-state index is 14.6. The van der Waals surface area contributed by atoms with Crippen LogP contribution in [0.2, 0.25) is 0 Å². The predicted molar refractivity (Wildman–Crippen MR) is 117 cm³/mol. The summed E-state index contributed by atoms with van der Waals surface area (Å²) >= 11 is 0. The Morgan fingerprint density at radius 2 is 1.84 bits per heavy atom. The van der Waals surface area contributed by atoms with Crippen molar-refractivity contribution >= 4 is 6.08 Å². The number of aliphatic hydroxyl groups is 1. The van der Waals surface area contributed by atoms with Crippen molar-refractivity contribution in [2.75, 3.05) is 6.61 Å². The Hall–Kier alpha value is -2.53. The molecule has 2 nitrogen and oxygen atoms in total. The maximum Gasteiger partial charge on any atom is 0.200 e. The van der Waals surface area contributed by atoms with Crippen LogP contribution in [0.5, 0.6) is 5.75 Å². The van der Waals surface area contributed by atoms with Gasteiger partial charge in [-0.05, 0) is 74.1 Å². The van der Waals surface area contributed by atoms with Crippen molar-refractivity contribution in [2.24, 2.45) is 5.92 Å². The van der Waals surface area contributed by atoms with Crippen molar-refractivity contribution in [1.82, 2.24) is 0 Å². The van der Waals surface area contributed by atoms with E-state index in [4.69, 9.17) is 4.74 Å². The summed E-state index contributed by atoms with van der Waals surface area (Å²) in [5.74, 6) is -1.94. The van der Waals surface area contributed by atoms with Crippen LogP contribution in [0.15, 0.2) is 49.1 Å². The molecule has 5 heteroatoms. The average molecular weight is 431 g/mol. The number of aliphatic hydroxyl groups excluding tert-OH is 1. The molecule has 1 aliphatic rings. The van der Waals surface area contributed by atoms with E-state index in [2.05, 4.69) is 12.7 Å². The second kappa shape index (κ2) is 10.7. The van der Waals surface area contributed by atoms with Crippen LogP contribution in [-0.2, 0) is 0 Å². The number of hydrogen-bond donors (Lipinski definition) is 1. The number of ether oxygens (including phenoxy) is 1. The van der Waals surface area contributed by atoms with Crippen molar-refractivity contribution in [3.63, 3.8) is 0 Å². The Kier molecular flexibility index (Phi) is 7.97. The maximum absolute atomic E-state index is 14.6. The molecule has 1 aliphatic carbocycles. The summed E-state index contributed by atoms with van der Waals surface area (Å²) in [5.41, 5.74) is 1.43. The van der Waals surface area contributed by atoms with Gasteiger partial charge in [0, 0.05) is 5.56 Å². The Balaban J connectivity index is 1.59. The van der Waals surface area contributed by atoms with E-state index in [0.717, 1.165) is 31.2 Å². The molecule has 0 spiro atoms. The Morgan fingerprint density at radius 3 is 2.48 bits per heavy atom. The van der Waals surface area contributed by atoms with Gasteiger partial charge >= 0.3 is 0 Å². The van der Waals surface area contributed by atoms with Gasteiger partial charge in [0.05, 0.1) is 12.7 Å². The van der Waals surface area contributed by atoms with Crippen molar-refractivity contribution in [1.29, 1.82) is 0 Å². The zero-order valence-electron chi connectivity index (χ0n) is 17.8. The lowest BCUT2D eigenvalue weighted by Crippen LogP contribution is -2.14. The molecule has 0 saturated heterocycles. The summed E-state index contributed by atoms with van der Waals surface area (Å²) < 4.78 is 48.3. The Bertz CT molecular complexity index is 928. The first-order chi connectivity index (χ1) is 14.9. The first-order valence-electron chi connectivity index (χ1n) is 10.8. The van der Waals surface area contributed by atoms with Crippen molar-refractivity contribution in [2.45, 2.75) is 51.0 Å². The minimum Gasteiger partial charge on any atom is -0.490 e. The van der Waals surface area contributed by atoms with E-state index in [1.54, 1.807) is 24.3 Å². The zero-order chi connectivity index (χ0) is 22.4. The largest absolute Gasteiger partial charge is 0.490 e. The zero-order valence-corrected chi connectivity index (χ0v) is 17.8. The monoisotopic (exact) mass is 430 g/mol. The number of benzene rings is 2. The molecular weight excluding hydrogens is 401 g/mol. The number of allylic oxidation sites excluding steroid dienone is 1. The summed E-state index contributed by atoms with van der Waals surface area (Å²) in [5, 5.41) is 9.53. The molecule has 0 radical (unpaired) electrons. The quantitative estimate of drug-likeness (QED) is 0.358. The van der Waals surface area contributed by atoms with Crippen molar-refractivity contribution in [3.8, 4) is 5.75 Å². The highest BCUT2D eigenvalue weighted by Gasteiger charge is 2.26. The van der Waals surface area contributed by atoms with Gasteiger partial charge in [0.2, 0.25) is 5.82 Å². The molecule has 0 aromatic heterocycles. The van der Waals surface area contributed by atoms with Crippen LogP contribution in [0.3, 0.4) is 0 Å². The van der Waals surface area contributed by atoms with Gasteiger partial charge < -0.3 is 9.84 Å². The summed E-state index contributed by atoms with van der Waals surface area (Å²) in [6, 6.07) is 7.94. The van der Waals surface area contributed by atoms with Crippen LogP contribution in [-0.4, -0.2) is 11.7 Å². The van der Waals surface area contributed by atoms with Gasteiger partial charge in [0.15, 0.2) is 11.6 Å². The lowest BCUT2D eigenvalue weighted by molar-refractivity contribution is 0.194. The minimum absolute atomic E-state index is 0.0239. The second-order valence-electron chi connectivity index (χ2n) is 8.13. The topological polar surface area (TPSA) is 29.5 Å². The fourth-order valence-electron chi connectivity index (χ4n) is 4.08. The number of halogens is 3. The van der Waals surface area contributed by atoms with Gasteiger partial charge in [0.25, 0.3) is 0 Å². The first kappa shape index (κ1) is 23.1. The molecule has 1 saturated carbocycles. The summed E-state index contributed by atoms with van der Waals surface area (Å²) in [6.45, 7) is 5.38. The standard InChI is InChI=1S/C26H29F3O2/c1-3-4-15-31-24-14-13-22(25(28)26(24)29)20-10-7-18(8-11-20)5-6-19-9-12-21(17(2)30)23(27)16-19/h3,5-6,9,12-14,16-18,20,30H,1,4,7-8,10-11,15H2,2H3/b6-5+. The van der Waals surface area contributed by atoms with Gasteiger partial charge in [-0.25, -0.2) is 8.78 Å². The number of hydrogen-bond acceptors (Lipinski definition) is 2. The van der Waals surface area contributed by atoms with E-state index < -0.39 is 23.6 Å². The van der Waals surface area contributed by atoms with E-state index in [9.17, 15) is 18.3 Å². The first-order valence-corrected chi connectivity index (χ1v) is 10.8. The molecule has 1 N–H and O–H groups in total. The van der Waals surface area contributed by atoms with E-state index in [0.29, 0.717) is 17.9 Å². The smallest absolute Gasteiger partial charge is 0.200 e. The van der Waals surface area contributed by atoms with Crippen molar-refractivity contribution in [3.05, 3.63) is 83.2 Å². The molecule has 0 aliphatic heterocycles. The molecule has 0 heterocycles. The lowest BCUT2D eigenvalue weighted by atomic mass is 9.78. The van der Waals surface area contributed by atoms with Gasteiger partial charge in [-0.2, -0.15) is 4.39 Å². The predicted octanol–water partition coefficient (Wildman–Crippen LogP) is 7.10. The molecule has 0 bridgehead atoms. The van der Waals surface area contributed by atoms with Crippen LogP contribution in [0.4, 0.5) is 13.2 Å². The van der Waals surface area contributed by atoms with Gasteiger partial charge in [-0.1, -0.05) is 36.4 Å². The van der Waals surface area contributed by atoms with E-state index in [1.165, 1.54) is 19.1 Å². The van der Waals surface area contributed by atoms with E-state index in [1.807, 2.05) is 6.08 Å². The third-order valence-electron chi connectivity index (χ3n) is 5.90. The fraction of sp³-hybridized carbons (Fsp3) is 0.385. The van der Waals surface area contributed by atoms with Crippen LogP contribution in [0, 0.1) is 23.4 Å². The molecular formula is C26H29F3O2. The van der Waals surface area contributed by atoms with Gasteiger partial charge in [0.1, 0.15) is 5.82 Å². The third kappa shape index (κ3) is 5.79. The van der Waals surface area contributed by atoms with Crippen LogP contribution in [0.1, 0.15) is 67.7 Å². The molecule has 166 valence electrons. The second-order valence-corrected chi connectivity index (χ2v) is 8.13. The third-order valence-corrected chi connectivity index (χ3v) is 5.90. The molecule has 0 amide bonds. The molecule has 1 fully saturated rings. The van der Waals surface area contributed by atoms with Crippen molar-refractivity contribution < 1.29 is 23.0 Å². The highest BCUT2D eigenvalue weighted by Crippen LogP contribution is 2.39. The molecule has 1 atom stereocenters. The summed E-state index contributed by atoms with van der Waals surface area (Å²) in [4.78, 5) is 0. The lowest BCUT2D eigenvalue weighted by Gasteiger charge is -2.27. The summed E-state index contributed by atoms with van der Waals surface area (Å²) in [6.07, 6.45) is 8.56. The molecule has 31 heavy (non-hydrogen) atoms. The van der Waals surface area contributed by atoms with E-state index in [-0.39, 0.29) is 23.8 Å². The van der Waals surface area contributed by atoms with Crippen LogP contribution in [0.25, 0.3) is 6.08 Å². The molecule has 3 rings (SSSR count). The number of rotatable bonds is 8. The SMILES string of the molecule is C=CCCOc1ccc(C2CCC(/C=C/c3ccc(C(C)O)c(F)c3)CC2)c(F)c1F. The van der Waals surface area contributed by atoms with Gasteiger partial charge in [-0.15, -0.1) is 6.58 Å². The highest BCUT2D eigenvalue weighted by molar-refractivity contribution is 5.50. The van der Waals surface area contributed by atoms with Crippen LogP contribution >= 0.6 is 0 Å². The average Bonchev–Trinajstić information content (AvgIpc) is 2.76. The minimum atomic E-state index is -0.925. The Morgan fingerprint density at radius 1 is 1.10 bits per heavy atom. The summed E-state index contributed by atoms with van der Waals surface area (Å²) in [7, 11) is 0. The van der Waals surface area contributed by atoms with E-state index >= 15 is 0 Å². The van der Waals surface area contributed by atoms with Crippen LogP contribution < -0.4 is 4.74 Å². The fourth-order valence-corrected chi connectivity index (χ4v) is 4.08.